The summed E-state index contributed by atoms with van der Waals surface area (Å²) in [5.41, 5.74) is 7.53. The van der Waals surface area contributed by atoms with E-state index in [1.807, 2.05) is 12.4 Å². The number of nitrogens with zero attached hydrogens (tertiary/aromatic N) is 2. The summed E-state index contributed by atoms with van der Waals surface area (Å²) in [6, 6.07) is 4.71. The van der Waals surface area contributed by atoms with Gasteiger partial charge in [-0.15, -0.1) is 0 Å². The molecular weight excluding hydrogens is 222 g/mol. The summed E-state index contributed by atoms with van der Waals surface area (Å²) in [5.74, 6) is 0. The van der Waals surface area contributed by atoms with Gasteiger partial charge in [-0.2, -0.15) is 0 Å². The second kappa shape index (κ2) is 6.86. The molecule has 3 heteroatoms. The lowest BCUT2D eigenvalue weighted by Crippen LogP contribution is -2.41. The summed E-state index contributed by atoms with van der Waals surface area (Å²) in [6.45, 7) is 4.47. The maximum absolute atomic E-state index is 6.23. The Morgan fingerprint density at radius 1 is 1.06 bits per heavy atom. The second-order valence-electron chi connectivity index (χ2n) is 5.39. The van der Waals surface area contributed by atoms with E-state index in [2.05, 4.69) is 28.9 Å². The van der Waals surface area contributed by atoms with Gasteiger partial charge < -0.3 is 5.73 Å². The third-order valence-electron chi connectivity index (χ3n) is 3.83. The normalized spacial score (nSPS) is 21.9. The van der Waals surface area contributed by atoms with Crippen LogP contribution in [-0.2, 0) is 0 Å². The maximum atomic E-state index is 6.23. The number of rotatable bonds is 3. The van der Waals surface area contributed by atoms with Gasteiger partial charge in [0, 0.05) is 24.5 Å². The summed E-state index contributed by atoms with van der Waals surface area (Å²) < 4.78 is 0. The summed E-state index contributed by atoms with van der Waals surface area (Å²) in [5, 5.41) is 0. The Labute approximate surface area is 110 Å². The van der Waals surface area contributed by atoms with Gasteiger partial charge in [-0.3, -0.25) is 9.88 Å². The zero-order valence-electron chi connectivity index (χ0n) is 11.4. The van der Waals surface area contributed by atoms with Gasteiger partial charge in [-0.1, -0.05) is 19.3 Å². The Hall–Kier alpha value is -0.930. The van der Waals surface area contributed by atoms with E-state index in [1.54, 1.807) is 0 Å². The van der Waals surface area contributed by atoms with Crippen LogP contribution in [0.2, 0.25) is 0 Å². The molecule has 1 saturated heterocycles. The molecule has 0 spiro atoms. The SMILES string of the molecule is CC(N)C(c1ccncc1)N1CCCCCCC1. The van der Waals surface area contributed by atoms with Crippen molar-refractivity contribution in [3.8, 4) is 0 Å². The van der Waals surface area contributed by atoms with Crippen molar-refractivity contribution in [1.82, 2.24) is 9.88 Å². The van der Waals surface area contributed by atoms with Crippen molar-refractivity contribution in [3.63, 3.8) is 0 Å². The highest BCUT2D eigenvalue weighted by Crippen LogP contribution is 2.25. The zero-order valence-corrected chi connectivity index (χ0v) is 11.4. The summed E-state index contributed by atoms with van der Waals surface area (Å²) in [6.07, 6.45) is 10.5. The molecule has 1 aliphatic rings. The number of nitrogens with two attached hydrogens (primary N) is 1. The smallest absolute Gasteiger partial charge is 0.0497 e. The van der Waals surface area contributed by atoms with Gasteiger partial charge in [-0.05, 0) is 50.6 Å². The predicted molar refractivity (Wildman–Crippen MR) is 75.3 cm³/mol. The molecule has 0 saturated carbocycles. The van der Waals surface area contributed by atoms with Crippen molar-refractivity contribution in [2.45, 2.75) is 51.1 Å². The fourth-order valence-corrected chi connectivity index (χ4v) is 2.96. The average Bonchev–Trinajstić information content (AvgIpc) is 2.33. The van der Waals surface area contributed by atoms with Crippen LogP contribution in [-0.4, -0.2) is 29.0 Å². The van der Waals surface area contributed by atoms with Crippen molar-refractivity contribution in [3.05, 3.63) is 30.1 Å². The highest BCUT2D eigenvalue weighted by atomic mass is 15.2. The molecule has 0 radical (unpaired) electrons. The minimum absolute atomic E-state index is 0.159. The quantitative estimate of drug-likeness (QED) is 0.893. The van der Waals surface area contributed by atoms with E-state index in [-0.39, 0.29) is 6.04 Å². The minimum atomic E-state index is 0.159. The molecule has 0 amide bonds. The van der Waals surface area contributed by atoms with E-state index in [1.165, 1.54) is 50.8 Å². The maximum Gasteiger partial charge on any atom is 0.0497 e. The molecule has 0 bridgehead atoms. The number of pyridine rings is 1. The molecule has 1 aromatic heterocycles. The van der Waals surface area contributed by atoms with E-state index in [9.17, 15) is 0 Å². The molecule has 1 aliphatic heterocycles. The van der Waals surface area contributed by atoms with E-state index < -0.39 is 0 Å². The molecule has 0 aromatic carbocycles. The Morgan fingerprint density at radius 2 is 1.61 bits per heavy atom. The monoisotopic (exact) mass is 247 g/mol. The molecule has 2 unspecified atom stereocenters. The molecule has 3 nitrogen and oxygen atoms in total. The van der Waals surface area contributed by atoms with Crippen LogP contribution in [0.5, 0.6) is 0 Å². The Kier molecular flexibility index (Phi) is 5.14. The standard InChI is InChI=1S/C15H25N3/c1-13(16)15(14-7-9-17-10-8-14)18-11-5-3-2-4-6-12-18/h7-10,13,15H,2-6,11-12,16H2,1H3. The van der Waals surface area contributed by atoms with Gasteiger partial charge in [0.2, 0.25) is 0 Å². The van der Waals surface area contributed by atoms with Crippen LogP contribution in [0.1, 0.15) is 50.6 Å². The van der Waals surface area contributed by atoms with Crippen LogP contribution < -0.4 is 5.73 Å². The first-order valence-corrected chi connectivity index (χ1v) is 7.18. The van der Waals surface area contributed by atoms with Gasteiger partial charge in [0.25, 0.3) is 0 Å². The van der Waals surface area contributed by atoms with Crippen molar-refractivity contribution in [2.24, 2.45) is 5.73 Å². The van der Waals surface area contributed by atoms with E-state index >= 15 is 0 Å². The molecule has 2 heterocycles. The Balaban J connectivity index is 2.13. The van der Waals surface area contributed by atoms with Crippen molar-refractivity contribution in [2.75, 3.05) is 13.1 Å². The van der Waals surface area contributed by atoms with Gasteiger partial charge in [0.05, 0.1) is 0 Å². The van der Waals surface area contributed by atoms with Crippen LogP contribution in [0, 0.1) is 0 Å². The number of hydrogen-bond acceptors (Lipinski definition) is 3. The lowest BCUT2D eigenvalue weighted by molar-refractivity contribution is 0.161. The van der Waals surface area contributed by atoms with Gasteiger partial charge >= 0.3 is 0 Å². The molecule has 0 aliphatic carbocycles. The van der Waals surface area contributed by atoms with Crippen LogP contribution in [0.25, 0.3) is 0 Å². The molecule has 2 N–H and O–H groups in total. The number of hydrogen-bond donors (Lipinski definition) is 1. The Morgan fingerprint density at radius 3 is 2.17 bits per heavy atom. The highest BCUT2D eigenvalue weighted by Gasteiger charge is 2.24. The molecular formula is C15H25N3. The van der Waals surface area contributed by atoms with E-state index in [0.717, 1.165) is 0 Å². The number of likely N-dealkylation sites (tertiary alicyclic amines) is 1. The largest absolute Gasteiger partial charge is 0.326 e. The van der Waals surface area contributed by atoms with E-state index in [4.69, 9.17) is 5.73 Å². The first kappa shape index (κ1) is 13.5. The third-order valence-corrected chi connectivity index (χ3v) is 3.83. The molecule has 1 aromatic rings. The first-order valence-electron chi connectivity index (χ1n) is 7.18. The second-order valence-corrected chi connectivity index (χ2v) is 5.39. The predicted octanol–water partition coefficient (Wildman–Crippen LogP) is 2.74. The first-order chi connectivity index (χ1) is 8.79. The van der Waals surface area contributed by atoms with Gasteiger partial charge in [0.15, 0.2) is 0 Å². The van der Waals surface area contributed by atoms with E-state index in [0.29, 0.717) is 6.04 Å². The van der Waals surface area contributed by atoms with Crippen LogP contribution in [0.4, 0.5) is 0 Å². The molecule has 1 fully saturated rings. The summed E-state index contributed by atoms with van der Waals surface area (Å²) in [4.78, 5) is 6.68. The minimum Gasteiger partial charge on any atom is -0.326 e. The fraction of sp³-hybridized carbons (Fsp3) is 0.667. The van der Waals surface area contributed by atoms with Gasteiger partial charge in [0.1, 0.15) is 0 Å². The summed E-state index contributed by atoms with van der Waals surface area (Å²) >= 11 is 0. The fourth-order valence-electron chi connectivity index (χ4n) is 2.96. The van der Waals surface area contributed by atoms with Crippen molar-refractivity contribution >= 4 is 0 Å². The lowest BCUT2D eigenvalue weighted by atomic mass is 9.98. The zero-order chi connectivity index (χ0) is 12.8. The van der Waals surface area contributed by atoms with Crippen molar-refractivity contribution < 1.29 is 0 Å². The molecule has 2 rings (SSSR count). The molecule has 100 valence electrons. The average molecular weight is 247 g/mol. The molecule has 2 atom stereocenters. The van der Waals surface area contributed by atoms with Gasteiger partial charge in [-0.25, -0.2) is 0 Å². The summed E-state index contributed by atoms with van der Waals surface area (Å²) in [7, 11) is 0. The van der Waals surface area contributed by atoms with Crippen molar-refractivity contribution in [1.29, 1.82) is 0 Å². The molecule has 18 heavy (non-hydrogen) atoms. The van der Waals surface area contributed by atoms with Crippen LogP contribution in [0.15, 0.2) is 24.5 Å². The van der Waals surface area contributed by atoms with Crippen LogP contribution in [0.3, 0.4) is 0 Å². The highest BCUT2D eigenvalue weighted by molar-refractivity contribution is 5.17. The third kappa shape index (κ3) is 3.53. The van der Waals surface area contributed by atoms with Crippen LogP contribution >= 0.6 is 0 Å². The topological polar surface area (TPSA) is 42.1 Å². The lowest BCUT2D eigenvalue weighted by Gasteiger charge is -2.35. The Bertz CT molecular complexity index is 329. The number of aromatic nitrogens is 1.